The molecule has 1 aliphatic rings. The maximum Gasteiger partial charge on any atom is 0.307 e. The minimum Gasteiger partial charge on any atom is -0.493 e. The molecule has 0 atom stereocenters. The standard InChI is InChI=1S/C23H27NO6/c1-4-29-20(25)11-13-24-12-10-17-18(23(24)26)14-19(27-2)22(21(17)28-3)30-15-16-8-6-5-7-9-16/h5-9,14H,4,10-13,15H2,1-3H3. The van der Waals surface area contributed by atoms with Crippen LogP contribution in [0.1, 0.15) is 34.8 Å². The molecule has 1 heterocycles. The van der Waals surface area contributed by atoms with Crippen LogP contribution in [0.4, 0.5) is 0 Å². The Morgan fingerprint density at radius 1 is 1.10 bits per heavy atom. The summed E-state index contributed by atoms with van der Waals surface area (Å²) in [6, 6.07) is 11.5. The number of carbonyl (C=O) groups excluding carboxylic acids is 2. The minimum atomic E-state index is -0.309. The van der Waals surface area contributed by atoms with Crippen LogP contribution in [0.25, 0.3) is 0 Å². The Morgan fingerprint density at radius 2 is 1.87 bits per heavy atom. The average molecular weight is 413 g/mol. The summed E-state index contributed by atoms with van der Waals surface area (Å²) in [5, 5.41) is 0. The number of esters is 1. The van der Waals surface area contributed by atoms with E-state index in [0.29, 0.717) is 55.5 Å². The van der Waals surface area contributed by atoms with Crippen molar-refractivity contribution in [2.45, 2.75) is 26.4 Å². The topological polar surface area (TPSA) is 74.3 Å². The van der Waals surface area contributed by atoms with Gasteiger partial charge in [0, 0.05) is 18.7 Å². The van der Waals surface area contributed by atoms with Gasteiger partial charge in [0.05, 0.1) is 32.8 Å². The van der Waals surface area contributed by atoms with Crippen LogP contribution in [0, 0.1) is 0 Å². The summed E-state index contributed by atoms with van der Waals surface area (Å²) >= 11 is 0. The summed E-state index contributed by atoms with van der Waals surface area (Å²) in [6.45, 7) is 3.25. The van der Waals surface area contributed by atoms with Crippen LogP contribution >= 0.6 is 0 Å². The van der Waals surface area contributed by atoms with Gasteiger partial charge in [-0.25, -0.2) is 0 Å². The first-order chi connectivity index (χ1) is 14.6. The summed E-state index contributed by atoms with van der Waals surface area (Å²) in [5.74, 6) is 0.957. The van der Waals surface area contributed by atoms with Crippen LogP contribution in [0.5, 0.6) is 17.2 Å². The lowest BCUT2D eigenvalue weighted by molar-refractivity contribution is -0.143. The summed E-state index contributed by atoms with van der Waals surface area (Å²) in [4.78, 5) is 26.3. The van der Waals surface area contributed by atoms with Crippen molar-refractivity contribution in [2.24, 2.45) is 0 Å². The molecule has 2 aromatic carbocycles. The molecule has 0 radical (unpaired) electrons. The van der Waals surface area contributed by atoms with Gasteiger partial charge in [-0.1, -0.05) is 30.3 Å². The predicted octanol–water partition coefficient (Wildman–Crippen LogP) is 3.23. The maximum absolute atomic E-state index is 13.0. The van der Waals surface area contributed by atoms with Crippen LogP contribution in [-0.2, 0) is 22.6 Å². The number of hydrogen-bond donors (Lipinski definition) is 0. The maximum atomic E-state index is 13.0. The van der Waals surface area contributed by atoms with E-state index in [0.717, 1.165) is 11.1 Å². The Hall–Kier alpha value is -3.22. The lowest BCUT2D eigenvalue weighted by Crippen LogP contribution is -2.39. The van der Waals surface area contributed by atoms with Crippen molar-refractivity contribution in [1.29, 1.82) is 0 Å². The molecule has 7 heteroatoms. The number of carbonyl (C=O) groups is 2. The third-order valence-electron chi connectivity index (χ3n) is 5.00. The zero-order chi connectivity index (χ0) is 21.5. The summed E-state index contributed by atoms with van der Waals surface area (Å²) in [5.41, 5.74) is 2.31. The number of rotatable bonds is 9. The van der Waals surface area contributed by atoms with Crippen LogP contribution in [-0.4, -0.2) is 50.7 Å². The smallest absolute Gasteiger partial charge is 0.307 e. The van der Waals surface area contributed by atoms with Gasteiger partial charge in [-0.15, -0.1) is 0 Å². The monoisotopic (exact) mass is 413 g/mol. The second kappa shape index (κ2) is 10.0. The van der Waals surface area contributed by atoms with Gasteiger partial charge in [-0.3, -0.25) is 9.59 Å². The number of hydrogen-bond acceptors (Lipinski definition) is 6. The van der Waals surface area contributed by atoms with Gasteiger partial charge in [0.25, 0.3) is 5.91 Å². The van der Waals surface area contributed by atoms with E-state index >= 15 is 0 Å². The molecule has 30 heavy (non-hydrogen) atoms. The number of fused-ring (bicyclic) bond motifs is 1. The number of benzene rings is 2. The Morgan fingerprint density at radius 3 is 2.53 bits per heavy atom. The molecular formula is C23H27NO6. The van der Waals surface area contributed by atoms with Gasteiger partial charge < -0.3 is 23.8 Å². The molecule has 7 nitrogen and oxygen atoms in total. The van der Waals surface area contributed by atoms with Crippen LogP contribution in [0.3, 0.4) is 0 Å². The molecule has 0 saturated heterocycles. The highest BCUT2D eigenvalue weighted by Gasteiger charge is 2.31. The van der Waals surface area contributed by atoms with Crippen molar-refractivity contribution >= 4 is 11.9 Å². The number of ether oxygens (including phenoxy) is 4. The molecule has 0 bridgehead atoms. The second-order valence-corrected chi connectivity index (χ2v) is 6.84. The summed E-state index contributed by atoms with van der Waals surface area (Å²) in [7, 11) is 3.09. The fourth-order valence-electron chi connectivity index (χ4n) is 3.52. The van der Waals surface area contributed by atoms with E-state index in [1.54, 1.807) is 25.0 Å². The van der Waals surface area contributed by atoms with E-state index in [-0.39, 0.29) is 18.3 Å². The van der Waals surface area contributed by atoms with Crippen LogP contribution in [0.15, 0.2) is 36.4 Å². The molecule has 0 fully saturated rings. The fraction of sp³-hybridized carbons (Fsp3) is 0.391. The third-order valence-corrected chi connectivity index (χ3v) is 5.00. The Balaban J connectivity index is 1.84. The fourth-order valence-corrected chi connectivity index (χ4v) is 3.52. The lowest BCUT2D eigenvalue weighted by atomic mass is 9.96. The van der Waals surface area contributed by atoms with Crippen LogP contribution < -0.4 is 14.2 Å². The van der Waals surface area contributed by atoms with Crippen molar-refractivity contribution in [2.75, 3.05) is 33.9 Å². The number of amides is 1. The third kappa shape index (κ3) is 4.67. The predicted molar refractivity (Wildman–Crippen MR) is 111 cm³/mol. The highest BCUT2D eigenvalue weighted by Crippen LogP contribution is 2.44. The number of methoxy groups -OCH3 is 2. The van der Waals surface area contributed by atoms with Gasteiger partial charge in [-0.05, 0) is 25.0 Å². The van der Waals surface area contributed by atoms with E-state index < -0.39 is 0 Å². The molecule has 1 aliphatic heterocycles. The zero-order valence-electron chi connectivity index (χ0n) is 17.6. The van der Waals surface area contributed by atoms with Crippen molar-refractivity contribution in [1.82, 2.24) is 4.90 Å². The van der Waals surface area contributed by atoms with Gasteiger partial charge in [0.1, 0.15) is 6.61 Å². The van der Waals surface area contributed by atoms with Crippen molar-refractivity contribution in [3.05, 3.63) is 53.1 Å². The zero-order valence-corrected chi connectivity index (χ0v) is 17.6. The molecule has 0 spiro atoms. The SMILES string of the molecule is CCOC(=O)CCN1CCc2c(cc(OC)c(OCc3ccccc3)c2OC)C1=O. The van der Waals surface area contributed by atoms with E-state index in [9.17, 15) is 9.59 Å². The summed E-state index contributed by atoms with van der Waals surface area (Å²) < 4.78 is 22.1. The van der Waals surface area contributed by atoms with Gasteiger partial charge in [-0.2, -0.15) is 0 Å². The van der Waals surface area contributed by atoms with Crippen molar-refractivity contribution < 1.29 is 28.5 Å². The van der Waals surface area contributed by atoms with Gasteiger partial charge in [0.2, 0.25) is 5.75 Å². The van der Waals surface area contributed by atoms with Gasteiger partial charge in [0.15, 0.2) is 11.5 Å². The molecule has 0 N–H and O–H groups in total. The van der Waals surface area contributed by atoms with Gasteiger partial charge >= 0.3 is 5.97 Å². The molecule has 0 saturated carbocycles. The normalized spacial score (nSPS) is 12.9. The Bertz CT molecular complexity index is 896. The Kier molecular flexibility index (Phi) is 7.17. The molecule has 0 aromatic heterocycles. The lowest BCUT2D eigenvalue weighted by Gasteiger charge is -2.30. The first-order valence-electron chi connectivity index (χ1n) is 9.98. The van der Waals surface area contributed by atoms with Crippen LogP contribution in [0.2, 0.25) is 0 Å². The second-order valence-electron chi connectivity index (χ2n) is 6.84. The molecule has 160 valence electrons. The molecule has 1 amide bonds. The first-order valence-corrected chi connectivity index (χ1v) is 9.98. The Labute approximate surface area is 176 Å². The van der Waals surface area contributed by atoms with E-state index in [1.165, 1.54) is 7.11 Å². The van der Waals surface area contributed by atoms with E-state index in [2.05, 4.69) is 0 Å². The van der Waals surface area contributed by atoms with E-state index in [1.807, 2.05) is 30.3 Å². The molecule has 2 aromatic rings. The quantitative estimate of drug-likeness (QED) is 0.588. The largest absolute Gasteiger partial charge is 0.493 e. The molecule has 0 unspecified atom stereocenters. The highest BCUT2D eigenvalue weighted by molar-refractivity contribution is 5.98. The highest BCUT2D eigenvalue weighted by atomic mass is 16.5. The molecule has 3 rings (SSSR count). The van der Waals surface area contributed by atoms with Crippen molar-refractivity contribution in [3.63, 3.8) is 0 Å². The minimum absolute atomic E-state index is 0.160. The average Bonchev–Trinajstić information content (AvgIpc) is 2.77. The number of nitrogens with zero attached hydrogens (tertiary/aromatic N) is 1. The summed E-state index contributed by atoms with van der Waals surface area (Å²) in [6.07, 6.45) is 0.764. The molecular weight excluding hydrogens is 386 g/mol. The van der Waals surface area contributed by atoms with Crippen molar-refractivity contribution in [3.8, 4) is 17.2 Å². The van der Waals surface area contributed by atoms with E-state index in [4.69, 9.17) is 18.9 Å². The molecule has 0 aliphatic carbocycles. The first kappa shape index (κ1) is 21.5.